The van der Waals surface area contributed by atoms with Crippen LogP contribution >= 0.6 is 11.8 Å². The first kappa shape index (κ1) is 16.6. The van der Waals surface area contributed by atoms with E-state index in [4.69, 9.17) is 0 Å². The largest absolute Gasteiger partial charge is 0.311 e. The summed E-state index contributed by atoms with van der Waals surface area (Å²) in [5.74, 6) is 3.52. The molecule has 0 aromatic rings. The van der Waals surface area contributed by atoms with E-state index in [1.54, 1.807) is 0 Å². The van der Waals surface area contributed by atoms with Crippen molar-refractivity contribution < 1.29 is 0 Å². The van der Waals surface area contributed by atoms with Crippen LogP contribution in [0.2, 0.25) is 0 Å². The van der Waals surface area contributed by atoms with Gasteiger partial charge >= 0.3 is 0 Å². The fraction of sp³-hybridized carbons (Fsp3) is 1.00. The van der Waals surface area contributed by atoms with E-state index in [2.05, 4.69) is 42.7 Å². The van der Waals surface area contributed by atoms with Crippen LogP contribution in [0.1, 0.15) is 59.3 Å². The molecule has 2 fully saturated rings. The maximum atomic E-state index is 3.84. The van der Waals surface area contributed by atoms with Crippen LogP contribution < -0.4 is 5.32 Å². The molecule has 1 saturated carbocycles. The molecule has 0 amide bonds. The minimum Gasteiger partial charge on any atom is -0.311 e. The Kier molecular flexibility index (Phi) is 7.20. The monoisotopic (exact) mass is 298 g/mol. The summed E-state index contributed by atoms with van der Waals surface area (Å²) in [5.41, 5.74) is 0. The van der Waals surface area contributed by atoms with Crippen LogP contribution in [-0.2, 0) is 0 Å². The van der Waals surface area contributed by atoms with E-state index in [9.17, 15) is 0 Å². The van der Waals surface area contributed by atoms with Gasteiger partial charge in [-0.15, -0.1) is 0 Å². The number of nitrogens with zero attached hydrogens (tertiary/aromatic N) is 1. The van der Waals surface area contributed by atoms with Crippen molar-refractivity contribution in [2.24, 2.45) is 5.92 Å². The molecule has 3 unspecified atom stereocenters. The Balaban J connectivity index is 1.83. The van der Waals surface area contributed by atoms with Crippen molar-refractivity contribution in [2.45, 2.75) is 77.4 Å². The second kappa shape index (κ2) is 8.65. The van der Waals surface area contributed by atoms with Crippen LogP contribution in [0.5, 0.6) is 0 Å². The molecule has 0 radical (unpaired) electrons. The van der Waals surface area contributed by atoms with Crippen molar-refractivity contribution in [2.75, 3.05) is 24.6 Å². The summed E-state index contributed by atoms with van der Waals surface area (Å²) < 4.78 is 0. The number of nitrogens with one attached hydrogen (secondary N) is 1. The molecule has 20 heavy (non-hydrogen) atoms. The summed E-state index contributed by atoms with van der Waals surface area (Å²) in [5, 5.41) is 3.84. The molecule has 1 heterocycles. The molecule has 0 aromatic carbocycles. The van der Waals surface area contributed by atoms with E-state index in [0.29, 0.717) is 6.04 Å². The maximum absolute atomic E-state index is 3.84. The van der Waals surface area contributed by atoms with Crippen LogP contribution in [0, 0.1) is 5.92 Å². The summed E-state index contributed by atoms with van der Waals surface area (Å²) >= 11 is 2.09. The van der Waals surface area contributed by atoms with E-state index in [1.165, 1.54) is 63.1 Å². The van der Waals surface area contributed by atoms with E-state index in [1.807, 2.05) is 0 Å². The maximum Gasteiger partial charge on any atom is 0.0224 e. The van der Waals surface area contributed by atoms with Gasteiger partial charge in [-0.1, -0.05) is 26.2 Å². The SMILES string of the molecule is CCSCCC(C)N1CC(C2CCCCC2)NCC1C. The molecule has 0 aromatic heterocycles. The third kappa shape index (κ3) is 4.64. The molecule has 1 N–H and O–H groups in total. The molecule has 2 nitrogen and oxygen atoms in total. The predicted octanol–water partition coefficient (Wildman–Crippen LogP) is 3.76. The van der Waals surface area contributed by atoms with Gasteiger partial charge in [0, 0.05) is 31.2 Å². The van der Waals surface area contributed by atoms with Gasteiger partial charge in [-0.25, -0.2) is 0 Å². The molecule has 0 spiro atoms. The van der Waals surface area contributed by atoms with Crippen molar-refractivity contribution in [3.05, 3.63) is 0 Å². The van der Waals surface area contributed by atoms with Gasteiger partial charge in [-0.2, -0.15) is 11.8 Å². The number of rotatable bonds is 6. The molecule has 1 saturated heterocycles. The highest BCUT2D eigenvalue weighted by Gasteiger charge is 2.32. The lowest BCUT2D eigenvalue weighted by molar-refractivity contribution is 0.0710. The Morgan fingerprint density at radius 3 is 2.70 bits per heavy atom. The molecule has 0 bridgehead atoms. The quantitative estimate of drug-likeness (QED) is 0.752. The minimum absolute atomic E-state index is 0.705. The number of hydrogen-bond acceptors (Lipinski definition) is 3. The number of hydrogen-bond donors (Lipinski definition) is 1. The predicted molar refractivity (Wildman–Crippen MR) is 91.6 cm³/mol. The van der Waals surface area contributed by atoms with Crippen LogP contribution in [0.4, 0.5) is 0 Å². The van der Waals surface area contributed by atoms with Crippen molar-refractivity contribution in [3.63, 3.8) is 0 Å². The molecule has 1 aliphatic heterocycles. The van der Waals surface area contributed by atoms with Gasteiger partial charge in [0.1, 0.15) is 0 Å². The second-order valence-corrected chi connectivity index (χ2v) is 8.19. The van der Waals surface area contributed by atoms with Crippen molar-refractivity contribution in [1.82, 2.24) is 10.2 Å². The first-order chi connectivity index (χ1) is 9.72. The van der Waals surface area contributed by atoms with E-state index in [0.717, 1.165) is 18.0 Å². The Morgan fingerprint density at radius 1 is 1.25 bits per heavy atom. The number of piperazine rings is 1. The van der Waals surface area contributed by atoms with Gasteiger partial charge in [-0.3, -0.25) is 4.90 Å². The summed E-state index contributed by atoms with van der Waals surface area (Å²) in [6, 6.07) is 2.21. The van der Waals surface area contributed by atoms with E-state index < -0.39 is 0 Å². The highest BCUT2D eigenvalue weighted by atomic mass is 32.2. The fourth-order valence-electron chi connectivity index (χ4n) is 3.94. The zero-order chi connectivity index (χ0) is 14.4. The normalized spacial score (nSPS) is 31.4. The summed E-state index contributed by atoms with van der Waals surface area (Å²) in [6.07, 6.45) is 8.65. The smallest absolute Gasteiger partial charge is 0.0224 e. The molecule has 3 heteroatoms. The van der Waals surface area contributed by atoms with Crippen molar-refractivity contribution in [1.29, 1.82) is 0 Å². The van der Waals surface area contributed by atoms with E-state index in [-0.39, 0.29) is 0 Å². The Labute approximate surface area is 130 Å². The van der Waals surface area contributed by atoms with Crippen molar-refractivity contribution in [3.8, 4) is 0 Å². The van der Waals surface area contributed by atoms with Gasteiger partial charge in [0.15, 0.2) is 0 Å². The zero-order valence-corrected chi connectivity index (χ0v) is 14.6. The number of thioether (sulfide) groups is 1. The molecule has 2 aliphatic rings. The van der Waals surface area contributed by atoms with Crippen LogP contribution in [0.3, 0.4) is 0 Å². The van der Waals surface area contributed by atoms with E-state index >= 15 is 0 Å². The molecular weight excluding hydrogens is 264 g/mol. The average molecular weight is 299 g/mol. The molecule has 3 atom stereocenters. The summed E-state index contributed by atoms with van der Waals surface area (Å²) in [7, 11) is 0. The summed E-state index contributed by atoms with van der Waals surface area (Å²) in [4.78, 5) is 2.78. The summed E-state index contributed by atoms with van der Waals surface area (Å²) in [6.45, 7) is 9.57. The Bertz CT molecular complexity index is 266. The lowest BCUT2D eigenvalue weighted by Crippen LogP contribution is -2.60. The molecule has 118 valence electrons. The lowest BCUT2D eigenvalue weighted by Gasteiger charge is -2.45. The van der Waals surface area contributed by atoms with Crippen LogP contribution in [0.25, 0.3) is 0 Å². The third-order valence-corrected chi connectivity index (χ3v) is 6.25. The standard InChI is InChI=1S/C17H34N2S/c1-4-20-11-10-14(2)19-13-17(18-12-15(19)3)16-8-6-5-7-9-16/h14-18H,4-13H2,1-3H3. The minimum atomic E-state index is 0.705. The van der Waals surface area contributed by atoms with Crippen molar-refractivity contribution >= 4 is 11.8 Å². The van der Waals surface area contributed by atoms with Gasteiger partial charge in [0.2, 0.25) is 0 Å². The van der Waals surface area contributed by atoms with Gasteiger partial charge in [0.25, 0.3) is 0 Å². The van der Waals surface area contributed by atoms with Crippen LogP contribution in [0.15, 0.2) is 0 Å². The highest BCUT2D eigenvalue weighted by molar-refractivity contribution is 7.99. The Morgan fingerprint density at radius 2 is 2.00 bits per heavy atom. The molecular formula is C17H34N2S. The lowest BCUT2D eigenvalue weighted by atomic mass is 9.82. The van der Waals surface area contributed by atoms with Gasteiger partial charge in [-0.05, 0) is 50.5 Å². The Hall–Kier alpha value is 0.270. The first-order valence-electron chi connectivity index (χ1n) is 8.79. The molecule has 2 rings (SSSR count). The zero-order valence-electron chi connectivity index (χ0n) is 13.7. The topological polar surface area (TPSA) is 15.3 Å². The fourth-order valence-corrected chi connectivity index (χ4v) is 4.74. The second-order valence-electron chi connectivity index (χ2n) is 6.79. The average Bonchev–Trinajstić information content (AvgIpc) is 2.49. The third-order valence-electron chi connectivity index (χ3n) is 5.32. The van der Waals surface area contributed by atoms with Gasteiger partial charge in [0.05, 0.1) is 0 Å². The van der Waals surface area contributed by atoms with Crippen LogP contribution in [-0.4, -0.2) is 47.6 Å². The first-order valence-corrected chi connectivity index (χ1v) is 9.94. The van der Waals surface area contributed by atoms with Gasteiger partial charge < -0.3 is 5.32 Å². The highest BCUT2D eigenvalue weighted by Crippen LogP contribution is 2.29. The molecule has 1 aliphatic carbocycles.